The Hall–Kier alpha value is -2.70. The summed E-state index contributed by atoms with van der Waals surface area (Å²) >= 11 is 0. The predicted octanol–water partition coefficient (Wildman–Crippen LogP) is 4.53. The van der Waals surface area contributed by atoms with Crippen molar-refractivity contribution in [3.05, 3.63) is 59.7 Å². The molecule has 0 atom stereocenters. The highest BCUT2D eigenvalue weighted by atomic mass is 19.4. The molecule has 0 N–H and O–H groups in total. The zero-order valence-electron chi connectivity index (χ0n) is 15.3. The Morgan fingerprint density at radius 1 is 0.963 bits per heavy atom. The van der Waals surface area contributed by atoms with E-state index in [0.717, 1.165) is 24.3 Å². The molecule has 0 saturated carbocycles. The van der Waals surface area contributed by atoms with Gasteiger partial charge in [0.25, 0.3) is 5.91 Å². The van der Waals surface area contributed by atoms with Gasteiger partial charge in [0.2, 0.25) is 0 Å². The van der Waals surface area contributed by atoms with E-state index in [1.54, 1.807) is 31.3 Å². The number of carbonyl (C=O) groups is 1. The summed E-state index contributed by atoms with van der Waals surface area (Å²) in [4.78, 5) is 13.6. The first kappa shape index (κ1) is 20.6. The third-order valence-electron chi connectivity index (χ3n) is 3.79. The van der Waals surface area contributed by atoms with E-state index in [-0.39, 0.29) is 19.1 Å². The fourth-order valence-electron chi connectivity index (χ4n) is 2.27. The molecular formula is C20H22F3NO3. The van der Waals surface area contributed by atoms with Gasteiger partial charge in [-0.15, -0.1) is 0 Å². The molecule has 2 rings (SSSR count). The maximum atomic E-state index is 12.6. The first-order chi connectivity index (χ1) is 12.8. The summed E-state index contributed by atoms with van der Waals surface area (Å²) in [7, 11) is 1.57. The van der Waals surface area contributed by atoms with Crippen molar-refractivity contribution < 1.29 is 27.4 Å². The van der Waals surface area contributed by atoms with E-state index >= 15 is 0 Å². The molecule has 0 radical (unpaired) electrons. The van der Waals surface area contributed by atoms with Crippen LogP contribution in [-0.4, -0.2) is 31.1 Å². The van der Waals surface area contributed by atoms with Crippen LogP contribution in [0.3, 0.4) is 0 Å². The number of nitrogens with zero attached hydrogens (tertiary/aromatic N) is 1. The molecule has 2 aromatic carbocycles. The number of hydrogen-bond donors (Lipinski definition) is 0. The number of ether oxygens (including phenoxy) is 2. The van der Waals surface area contributed by atoms with Gasteiger partial charge >= 0.3 is 6.18 Å². The Morgan fingerprint density at radius 3 is 2.04 bits per heavy atom. The minimum atomic E-state index is -4.37. The normalized spacial score (nSPS) is 11.1. The number of amides is 1. The lowest BCUT2D eigenvalue weighted by Gasteiger charge is -2.18. The third kappa shape index (κ3) is 6.51. The summed E-state index contributed by atoms with van der Waals surface area (Å²) in [5, 5.41) is 0. The summed E-state index contributed by atoms with van der Waals surface area (Å²) in [6.45, 7) is 2.69. The number of hydrogen-bond acceptors (Lipinski definition) is 3. The van der Waals surface area contributed by atoms with Gasteiger partial charge in [0.15, 0.2) is 6.61 Å². The summed E-state index contributed by atoms with van der Waals surface area (Å²) in [6.07, 6.45) is -3.46. The van der Waals surface area contributed by atoms with Crippen LogP contribution in [0.5, 0.6) is 11.5 Å². The molecule has 0 saturated heterocycles. The number of halogens is 3. The van der Waals surface area contributed by atoms with Gasteiger partial charge in [0, 0.05) is 13.6 Å². The molecule has 7 heteroatoms. The van der Waals surface area contributed by atoms with Crippen LogP contribution in [0.2, 0.25) is 0 Å². The van der Waals surface area contributed by atoms with Gasteiger partial charge in [-0.2, -0.15) is 13.2 Å². The molecule has 0 aliphatic rings. The van der Waals surface area contributed by atoms with E-state index in [9.17, 15) is 18.0 Å². The number of likely N-dealkylation sites (N-methyl/N-ethyl adjacent to an activating group) is 1. The van der Waals surface area contributed by atoms with E-state index in [2.05, 4.69) is 0 Å². The summed E-state index contributed by atoms with van der Waals surface area (Å²) in [6, 6.07) is 11.7. The number of rotatable bonds is 8. The first-order valence-electron chi connectivity index (χ1n) is 8.55. The second kappa shape index (κ2) is 9.30. The third-order valence-corrected chi connectivity index (χ3v) is 3.79. The predicted molar refractivity (Wildman–Crippen MR) is 95.6 cm³/mol. The standard InChI is InChI=1S/C20H22F3NO3/c1-3-12-26-17-8-10-18(11-9-17)27-14-19(25)24(2)13-15-4-6-16(7-5-15)20(21,22)23/h4-11H,3,12-14H2,1-2H3. The van der Waals surface area contributed by atoms with Gasteiger partial charge in [0.1, 0.15) is 11.5 Å². The second-order valence-electron chi connectivity index (χ2n) is 6.05. The van der Waals surface area contributed by atoms with E-state index in [1.165, 1.54) is 17.0 Å². The number of carbonyl (C=O) groups excluding carboxylic acids is 1. The zero-order valence-corrected chi connectivity index (χ0v) is 15.3. The summed E-state index contributed by atoms with van der Waals surface area (Å²) < 4.78 is 48.6. The Morgan fingerprint density at radius 2 is 1.52 bits per heavy atom. The van der Waals surface area contributed by atoms with Gasteiger partial charge in [-0.25, -0.2) is 0 Å². The van der Waals surface area contributed by atoms with Gasteiger partial charge in [-0.1, -0.05) is 19.1 Å². The minimum Gasteiger partial charge on any atom is -0.494 e. The Balaban J connectivity index is 1.83. The molecule has 0 heterocycles. The SMILES string of the molecule is CCCOc1ccc(OCC(=O)N(C)Cc2ccc(C(F)(F)F)cc2)cc1. The van der Waals surface area contributed by atoms with Gasteiger partial charge in [0.05, 0.1) is 12.2 Å². The molecule has 0 bridgehead atoms. The smallest absolute Gasteiger partial charge is 0.416 e. The molecule has 1 amide bonds. The van der Waals surface area contributed by atoms with Crippen molar-refractivity contribution in [3.63, 3.8) is 0 Å². The zero-order chi connectivity index (χ0) is 19.9. The largest absolute Gasteiger partial charge is 0.494 e. The average molecular weight is 381 g/mol. The van der Waals surface area contributed by atoms with Crippen LogP contribution in [0.15, 0.2) is 48.5 Å². The number of alkyl halides is 3. The molecule has 0 spiro atoms. The monoisotopic (exact) mass is 381 g/mol. The van der Waals surface area contributed by atoms with Crippen molar-refractivity contribution >= 4 is 5.91 Å². The van der Waals surface area contributed by atoms with Gasteiger partial charge < -0.3 is 14.4 Å². The number of benzene rings is 2. The average Bonchev–Trinajstić information content (AvgIpc) is 2.65. The van der Waals surface area contributed by atoms with E-state index in [0.29, 0.717) is 17.9 Å². The van der Waals surface area contributed by atoms with Crippen LogP contribution < -0.4 is 9.47 Å². The molecule has 0 aliphatic carbocycles. The van der Waals surface area contributed by atoms with Gasteiger partial charge in [-0.05, 0) is 48.4 Å². The van der Waals surface area contributed by atoms with Crippen LogP contribution in [0.4, 0.5) is 13.2 Å². The van der Waals surface area contributed by atoms with Crippen LogP contribution in [0.1, 0.15) is 24.5 Å². The minimum absolute atomic E-state index is 0.160. The van der Waals surface area contributed by atoms with E-state index in [1.807, 2.05) is 6.92 Å². The van der Waals surface area contributed by atoms with E-state index < -0.39 is 11.7 Å². The van der Waals surface area contributed by atoms with Crippen molar-refractivity contribution in [3.8, 4) is 11.5 Å². The fourth-order valence-corrected chi connectivity index (χ4v) is 2.27. The molecule has 0 aromatic heterocycles. The molecular weight excluding hydrogens is 359 g/mol. The lowest BCUT2D eigenvalue weighted by atomic mass is 10.1. The molecule has 0 fully saturated rings. The maximum Gasteiger partial charge on any atom is 0.416 e. The molecule has 0 unspecified atom stereocenters. The Bertz CT molecular complexity index is 728. The summed E-state index contributed by atoms with van der Waals surface area (Å²) in [5.74, 6) is 0.992. The Kier molecular flexibility index (Phi) is 7.10. The van der Waals surface area contributed by atoms with Gasteiger partial charge in [-0.3, -0.25) is 4.79 Å². The van der Waals surface area contributed by atoms with Crippen molar-refractivity contribution in [1.82, 2.24) is 4.90 Å². The van der Waals surface area contributed by atoms with Crippen molar-refractivity contribution in [2.45, 2.75) is 26.1 Å². The fraction of sp³-hybridized carbons (Fsp3) is 0.350. The van der Waals surface area contributed by atoms with E-state index in [4.69, 9.17) is 9.47 Å². The second-order valence-corrected chi connectivity index (χ2v) is 6.05. The molecule has 27 heavy (non-hydrogen) atoms. The van der Waals surface area contributed by atoms with Crippen molar-refractivity contribution in [2.75, 3.05) is 20.3 Å². The van der Waals surface area contributed by atoms with Crippen molar-refractivity contribution in [2.24, 2.45) is 0 Å². The van der Waals surface area contributed by atoms with Crippen LogP contribution in [0, 0.1) is 0 Å². The quantitative estimate of drug-likeness (QED) is 0.674. The molecule has 4 nitrogen and oxygen atoms in total. The van der Waals surface area contributed by atoms with Crippen LogP contribution >= 0.6 is 0 Å². The topological polar surface area (TPSA) is 38.8 Å². The van der Waals surface area contributed by atoms with Crippen molar-refractivity contribution in [1.29, 1.82) is 0 Å². The highest BCUT2D eigenvalue weighted by molar-refractivity contribution is 5.77. The first-order valence-corrected chi connectivity index (χ1v) is 8.55. The lowest BCUT2D eigenvalue weighted by Crippen LogP contribution is -2.30. The Labute approximate surface area is 156 Å². The molecule has 146 valence electrons. The van der Waals surface area contributed by atoms with Crippen LogP contribution in [0.25, 0.3) is 0 Å². The molecule has 2 aromatic rings. The highest BCUT2D eigenvalue weighted by Gasteiger charge is 2.29. The lowest BCUT2D eigenvalue weighted by molar-refractivity contribution is -0.137. The highest BCUT2D eigenvalue weighted by Crippen LogP contribution is 2.29. The maximum absolute atomic E-state index is 12.6. The molecule has 0 aliphatic heterocycles. The van der Waals surface area contributed by atoms with Crippen LogP contribution in [-0.2, 0) is 17.5 Å². The summed E-state index contributed by atoms with van der Waals surface area (Å²) in [5.41, 5.74) is -0.105.